The zero-order valence-electron chi connectivity index (χ0n) is 9.54. The summed E-state index contributed by atoms with van der Waals surface area (Å²) in [6.07, 6.45) is 0. The third-order valence-corrected chi connectivity index (χ3v) is 2.54. The highest BCUT2D eigenvalue weighted by molar-refractivity contribution is 5.84. The molecule has 0 heterocycles. The summed E-state index contributed by atoms with van der Waals surface area (Å²) in [6, 6.07) is 8.54. The van der Waals surface area contributed by atoms with Crippen molar-refractivity contribution in [1.29, 1.82) is 0 Å². The van der Waals surface area contributed by atoms with Crippen molar-refractivity contribution in [3.05, 3.63) is 35.9 Å². The molecular formula is C12H18N2O3. The van der Waals surface area contributed by atoms with Crippen LogP contribution in [-0.2, 0) is 4.79 Å². The molecule has 17 heavy (non-hydrogen) atoms. The maximum Gasteiger partial charge on any atom is 0.229 e. The van der Waals surface area contributed by atoms with Crippen molar-refractivity contribution in [2.75, 3.05) is 19.8 Å². The predicted molar refractivity (Wildman–Crippen MR) is 64.3 cm³/mol. The summed E-state index contributed by atoms with van der Waals surface area (Å²) in [5, 5.41) is 20.3. The van der Waals surface area contributed by atoms with Gasteiger partial charge in [-0.3, -0.25) is 4.79 Å². The molecule has 0 aliphatic heterocycles. The lowest BCUT2D eigenvalue weighted by atomic mass is 9.98. The Morgan fingerprint density at radius 3 is 2.29 bits per heavy atom. The quantitative estimate of drug-likeness (QED) is 0.521. The highest BCUT2D eigenvalue weighted by Crippen LogP contribution is 2.14. The van der Waals surface area contributed by atoms with Crippen LogP contribution in [0.2, 0.25) is 0 Å². The molecule has 0 aliphatic carbocycles. The third kappa shape index (κ3) is 3.81. The molecule has 5 heteroatoms. The molecule has 94 valence electrons. The number of aliphatic hydroxyl groups is 2. The van der Waals surface area contributed by atoms with Crippen LogP contribution < -0.4 is 11.1 Å². The van der Waals surface area contributed by atoms with E-state index in [1.807, 2.05) is 30.3 Å². The van der Waals surface area contributed by atoms with E-state index in [0.29, 0.717) is 0 Å². The number of amides is 1. The Labute approximate surface area is 100 Å². The van der Waals surface area contributed by atoms with Crippen LogP contribution in [0.5, 0.6) is 0 Å². The van der Waals surface area contributed by atoms with Gasteiger partial charge in [0.1, 0.15) is 0 Å². The molecule has 5 nitrogen and oxygen atoms in total. The second-order valence-corrected chi connectivity index (χ2v) is 3.77. The van der Waals surface area contributed by atoms with Crippen LogP contribution in [0, 0.1) is 0 Å². The number of carbonyl (C=O) groups excluding carboxylic acids is 1. The maximum atomic E-state index is 11.9. The van der Waals surface area contributed by atoms with E-state index >= 15 is 0 Å². The van der Waals surface area contributed by atoms with E-state index in [2.05, 4.69) is 5.32 Å². The van der Waals surface area contributed by atoms with E-state index in [1.165, 1.54) is 0 Å². The number of carbonyl (C=O) groups is 1. The van der Waals surface area contributed by atoms with Gasteiger partial charge in [-0.1, -0.05) is 30.3 Å². The Hall–Kier alpha value is -1.43. The molecule has 0 aromatic heterocycles. The summed E-state index contributed by atoms with van der Waals surface area (Å²) < 4.78 is 0. The number of hydrogen-bond acceptors (Lipinski definition) is 4. The average molecular weight is 238 g/mol. The molecule has 1 aromatic rings. The summed E-state index contributed by atoms with van der Waals surface area (Å²) >= 11 is 0. The van der Waals surface area contributed by atoms with E-state index in [4.69, 9.17) is 15.9 Å². The molecule has 0 fully saturated rings. The fourth-order valence-corrected chi connectivity index (χ4v) is 1.53. The lowest BCUT2D eigenvalue weighted by molar-refractivity contribution is -0.123. The van der Waals surface area contributed by atoms with Gasteiger partial charge in [0.2, 0.25) is 5.91 Å². The van der Waals surface area contributed by atoms with Crippen LogP contribution in [0.15, 0.2) is 30.3 Å². The highest BCUT2D eigenvalue weighted by atomic mass is 16.3. The minimum atomic E-state index is -0.639. The molecule has 0 bridgehead atoms. The van der Waals surface area contributed by atoms with Gasteiger partial charge in [0.15, 0.2) is 0 Å². The molecule has 0 radical (unpaired) electrons. The molecule has 1 atom stereocenters. The number of benzene rings is 1. The highest BCUT2D eigenvalue weighted by Gasteiger charge is 2.21. The van der Waals surface area contributed by atoms with Crippen LogP contribution >= 0.6 is 0 Å². The summed E-state index contributed by atoms with van der Waals surface area (Å²) in [6.45, 7) is -0.415. The van der Waals surface area contributed by atoms with Gasteiger partial charge < -0.3 is 21.3 Å². The van der Waals surface area contributed by atoms with E-state index in [9.17, 15) is 4.79 Å². The lowest BCUT2D eigenvalue weighted by Crippen LogP contribution is -2.44. The van der Waals surface area contributed by atoms with E-state index in [0.717, 1.165) is 5.56 Å². The smallest absolute Gasteiger partial charge is 0.229 e. The standard InChI is InChI=1S/C12H18N2O3/c13-6-11(9-4-2-1-3-5-9)12(17)14-10(7-15)8-16/h1-5,10-11,15-16H,6-8,13H2,(H,14,17). The normalized spacial score (nSPS) is 12.5. The Morgan fingerprint density at radius 2 is 1.82 bits per heavy atom. The van der Waals surface area contributed by atoms with Crippen LogP contribution in [-0.4, -0.2) is 41.9 Å². The first kappa shape index (κ1) is 13.6. The van der Waals surface area contributed by atoms with E-state index in [1.54, 1.807) is 0 Å². The van der Waals surface area contributed by atoms with Crippen LogP contribution in [0.25, 0.3) is 0 Å². The number of aliphatic hydroxyl groups excluding tert-OH is 2. The molecule has 1 aromatic carbocycles. The molecule has 0 saturated carbocycles. The van der Waals surface area contributed by atoms with Crippen LogP contribution in [0.4, 0.5) is 0 Å². The Kier molecular flexibility index (Phi) is 5.62. The fraction of sp³-hybridized carbons (Fsp3) is 0.417. The summed E-state index contributed by atoms with van der Waals surface area (Å²) in [4.78, 5) is 11.9. The molecule has 1 rings (SSSR count). The van der Waals surface area contributed by atoms with Gasteiger partial charge >= 0.3 is 0 Å². The Bertz CT molecular complexity index is 339. The maximum absolute atomic E-state index is 11.9. The first-order valence-electron chi connectivity index (χ1n) is 5.50. The fourth-order valence-electron chi connectivity index (χ4n) is 1.53. The van der Waals surface area contributed by atoms with Gasteiger partial charge in [0, 0.05) is 6.54 Å². The van der Waals surface area contributed by atoms with Gasteiger partial charge in [-0.2, -0.15) is 0 Å². The molecule has 5 N–H and O–H groups in total. The zero-order valence-corrected chi connectivity index (χ0v) is 9.54. The first-order chi connectivity index (χ1) is 8.22. The number of hydrogen-bond donors (Lipinski definition) is 4. The minimum absolute atomic E-state index is 0.180. The third-order valence-electron chi connectivity index (χ3n) is 2.54. The molecule has 1 amide bonds. The first-order valence-corrected chi connectivity index (χ1v) is 5.50. The molecule has 0 aliphatic rings. The van der Waals surface area contributed by atoms with Gasteiger partial charge in [-0.25, -0.2) is 0 Å². The zero-order chi connectivity index (χ0) is 12.7. The largest absolute Gasteiger partial charge is 0.394 e. The molecule has 0 saturated heterocycles. The van der Waals surface area contributed by atoms with Gasteiger partial charge in [0.05, 0.1) is 25.2 Å². The SMILES string of the molecule is NCC(C(=O)NC(CO)CO)c1ccccc1. The molecular weight excluding hydrogens is 220 g/mol. The summed E-state index contributed by atoms with van der Waals surface area (Å²) in [5.74, 6) is -0.747. The van der Waals surface area contributed by atoms with Crippen LogP contribution in [0.1, 0.15) is 11.5 Å². The van der Waals surface area contributed by atoms with E-state index in [-0.39, 0.29) is 25.7 Å². The lowest BCUT2D eigenvalue weighted by Gasteiger charge is -2.19. The second kappa shape index (κ2) is 7.01. The number of nitrogens with one attached hydrogen (secondary N) is 1. The van der Waals surface area contributed by atoms with Gasteiger partial charge in [-0.15, -0.1) is 0 Å². The van der Waals surface area contributed by atoms with Crippen molar-refractivity contribution in [1.82, 2.24) is 5.32 Å². The predicted octanol–water partition coefficient (Wildman–Crippen LogP) is -0.802. The Balaban J connectivity index is 2.71. The van der Waals surface area contributed by atoms with Gasteiger partial charge in [-0.05, 0) is 5.56 Å². The monoisotopic (exact) mass is 238 g/mol. The van der Waals surface area contributed by atoms with Gasteiger partial charge in [0.25, 0.3) is 0 Å². The number of rotatable bonds is 6. The Morgan fingerprint density at radius 1 is 1.24 bits per heavy atom. The van der Waals surface area contributed by atoms with Crippen molar-refractivity contribution >= 4 is 5.91 Å². The van der Waals surface area contributed by atoms with Crippen molar-refractivity contribution in [3.8, 4) is 0 Å². The van der Waals surface area contributed by atoms with E-state index < -0.39 is 12.0 Å². The minimum Gasteiger partial charge on any atom is -0.394 e. The van der Waals surface area contributed by atoms with Crippen molar-refractivity contribution in [2.45, 2.75) is 12.0 Å². The van der Waals surface area contributed by atoms with Crippen molar-refractivity contribution in [3.63, 3.8) is 0 Å². The van der Waals surface area contributed by atoms with Crippen LogP contribution in [0.3, 0.4) is 0 Å². The second-order valence-electron chi connectivity index (χ2n) is 3.77. The number of nitrogens with two attached hydrogens (primary N) is 1. The topological polar surface area (TPSA) is 95.6 Å². The van der Waals surface area contributed by atoms with Crippen molar-refractivity contribution in [2.24, 2.45) is 5.73 Å². The summed E-state index contributed by atoms with van der Waals surface area (Å²) in [7, 11) is 0. The average Bonchev–Trinajstić information content (AvgIpc) is 2.38. The summed E-state index contributed by atoms with van der Waals surface area (Å²) in [5.41, 5.74) is 6.40. The molecule has 0 spiro atoms. The van der Waals surface area contributed by atoms with Crippen molar-refractivity contribution < 1.29 is 15.0 Å². The molecule has 1 unspecified atom stereocenters.